The van der Waals surface area contributed by atoms with E-state index in [0.29, 0.717) is 79.3 Å². The Kier molecular flexibility index (Phi) is 34.6. The van der Waals surface area contributed by atoms with Crippen molar-refractivity contribution in [3.05, 3.63) is 0 Å². The summed E-state index contributed by atoms with van der Waals surface area (Å²) in [5, 5.41) is 9.01. The second-order valence-corrected chi connectivity index (χ2v) is 12.1. The molecule has 272 valence electrons. The van der Waals surface area contributed by atoms with Crippen LogP contribution in [-0.2, 0) is 42.6 Å². The van der Waals surface area contributed by atoms with Gasteiger partial charge in [0, 0.05) is 6.61 Å². The summed E-state index contributed by atoms with van der Waals surface area (Å²) < 4.78 is 51.0. The van der Waals surface area contributed by atoms with E-state index in [-0.39, 0.29) is 37.1 Å². The van der Waals surface area contributed by atoms with Crippen molar-refractivity contribution in [2.45, 2.75) is 136 Å². The van der Waals surface area contributed by atoms with Gasteiger partial charge in [-0.15, -0.1) is 0 Å². The van der Waals surface area contributed by atoms with E-state index in [4.69, 9.17) is 47.7 Å². The molecule has 5 unspecified atom stereocenters. The zero-order valence-electron chi connectivity index (χ0n) is 30.0. The fourth-order valence-corrected chi connectivity index (χ4v) is 4.21. The maximum absolute atomic E-state index is 9.01. The molecule has 0 spiro atoms. The van der Waals surface area contributed by atoms with E-state index in [1.165, 1.54) is 57.8 Å². The smallest absolute Gasteiger partial charge is 0.0781 e. The van der Waals surface area contributed by atoms with E-state index in [9.17, 15) is 0 Å². The van der Waals surface area contributed by atoms with Crippen LogP contribution in [0.25, 0.3) is 0 Å². The summed E-state index contributed by atoms with van der Waals surface area (Å²) in [6, 6.07) is 0. The quantitative estimate of drug-likeness (QED) is 0.0805. The molecule has 0 aliphatic carbocycles. The van der Waals surface area contributed by atoms with Crippen LogP contribution in [0.15, 0.2) is 0 Å². The molecule has 0 aromatic carbocycles. The third kappa shape index (κ3) is 34.7. The molecule has 1 N–H and O–H groups in total. The lowest BCUT2D eigenvalue weighted by Crippen LogP contribution is -2.29. The average molecular weight is 653 g/mol. The van der Waals surface area contributed by atoms with E-state index in [0.717, 1.165) is 13.0 Å². The van der Waals surface area contributed by atoms with Crippen molar-refractivity contribution in [3.8, 4) is 0 Å². The Balaban J connectivity index is 3.37. The Hall–Kier alpha value is -0.400. The molecule has 0 aliphatic rings. The molecule has 10 heteroatoms. The lowest BCUT2D eigenvalue weighted by atomic mass is 10.1. The largest absolute Gasteiger partial charge is 0.394 e. The van der Waals surface area contributed by atoms with Crippen LogP contribution in [0, 0.1) is 0 Å². The Morgan fingerprint density at radius 2 is 0.667 bits per heavy atom. The molecule has 0 rings (SSSR count). The van der Waals surface area contributed by atoms with Gasteiger partial charge in [0.2, 0.25) is 0 Å². The molecule has 0 aromatic heterocycles. The first-order valence-electron chi connectivity index (χ1n) is 17.9. The zero-order chi connectivity index (χ0) is 33.2. The molecule has 45 heavy (non-hydrogen) atoms. The van der Waals surface area contributed by atoms with Crippen LogP contribution in [0.3, 0.4) is 0 Å². The molecular formula is C35H72O10. The highest BCUT2D eigenvalue weighted by Gasteiger charge is 2.12. The van der Waals surface area contributed by atoms with Gasteiger partial charge in [0.05, 0.1) is 116 Å². The minimum atomic E-state index is -0.183. The summed E-state index contributed by atoms with van der Waals surface area (Å²) in [6.45, 7) is 19.1. The highest BCUT2D eigenvalue weighted by Crippen LogP contribution is 2.10. The fraction of sp³-hybridized carbons (Fsp3) is 1.00. The summed E-state index contributed by atoms with van der Waals surface area (Å²) in [4.78, 5) is 0. The number of unbranched alkanes of at least 4 members (excludes halogenated alkanes) is 9. The zero-order valence-corrected chi connectivity index (χ0v) is 30.0. The minimum Gasteiger partial charge on any atom is -0.394 e. The van der Waals surface area contributed by atoms with Gasteiger partial charge in [-0.3, -0.25) is 0 Å². The summed E-state index contributed by atoms with van der Waals surface area (Å²) in [6.07, 6.45) is 13.0. The second kappa shape index (κ2) is 34.9. The predicted octanol–water partition coefficient (Wildman–Crippen LogP) is 5.99. The molecule has 5 atom stereocenters. The molecule has 0 aliphatic heterocycles. The van der Waals surface area contributed by atoms with E-state index >= 15 is 0 Å². The van der Waals surface area contributed by atoms with Crippen LogP contribution in [0.5, 0.6) is 0 Å². The van der Waals surface area contributed by atoms with Crippen LogP contribution in [-0.4, -0.2) is 128 Å². The number of aliphatic hydroxyl groups is 1. The van der Waals surface area contributed by atoms with Crippen LogP contribution < -0.4 is 0 Å². The maximum Gasteiger partial charge on any atom is 0.0781 e. The van der Waals surface area contributed by atoms with Gasteiger partial charge in [-0.05, 0) is 41.0 Å². The number of rotatable bonds is 37. The highest BCUT2D eigenvalue weighted by molar-refractivity contribution is 4.57. The second-order valence-electron chi connectivity index (χ2n) is 12.1. The van der Waals surface area contributed by atoms with Crippen molar-refractivity contribution < 1.29 is 47.7 Å². The first kappa shape index (κ1) is 44.6. The number of hydrogen-bond acceptors (Lipinski definition) is 10. The van der Waals surface area contributed by atoms with Gasteiger partial charge in [0.25, 0.3) is 0 Å². The molecule has 0 fully saturated rings. The summed E-state index contributed by atoms with van der Waals surface area (Å²) in [7, 11) is 0. The Morgan fingerprint density at radius 1 is 0.356 bits per heavy atom. The Labute approximate surface area is 276 Å². The van der Waals surface area contributed by atoms with Gasteiger partial charge in [-0.25, -0.2) is 0 Å². The van der Waals surface area contributed by atoms with Crippen LogP contribution >= 0.6 is 0 Å². The lowest BCUT2D eigenvalue weighted by Gasteiger charge is -2.21. The molecule has 0 bridgehead atoms. The van der Waals surface area contributed by atoms with Crippen LogP contribution in [0.4, 0.5) is 0 Å². The molecule has 0 heterocycles. The van der Waals surface area contributed by atoms with Crippen molar-refractivity contribution in [2.24, 2.45) is 0 Å². The molecule has 10 nitrogen and oxygen atoms in total. The van der Waals surface area contributed by atoms with E-state index < -0.39 is 0 Å². The number of aliphatic hydroxyl groups excluding tert-OH is 1. The number of hydrogen-bond donors (Lipinski definition) is 1. The number of ether oxygens (including phenoxy) is 9. The first-order chi connectivity index (χ1) is 21.9. The van der Waals surface area contributed by atoms with Crippen molar-refractivity contribution in [3.63, 3.8) is 0 Å². The van der Waals surface area contributed by atoms with Gasteiger partial charge in [0.1, 0.15) is 0 Å². The average Bonchev–Trinajstić information content (AvgIpc) is 3.04. The normalized spacial score (nSPS) is 15.3. The van der Waals surface area contributed by atoms with Crippen molar-refractivity contribution >= 4 is 0 Å². The molecule has 0 amide bonds. The SMILES string of the molecule is CCCCCCCCCCCCOCCOCCOCCOCCOC(C)COC(C)COC(C)COC(C)COC(C)CO. The van der Waals surface area contributed by atoms with Crippen molar-refractivity contribution in [1.29, 1.82) is 0 Å². The van der Waals surface area contributed by atoms with Gasteiger partial charge in [0.15, 0.2) is 0 Å². The minimum absolute atomic E-state index is 0.00435. The van der Waals surface area contributed by atoms with Crippen molar-refractivity contribution in [2.75, 3.05) is 92.5 Å². The molecular weight excluding hydrogens is 580 g/mol. The topological polar surface area (TPSA) is 103 Å². The first-order valence-corrected chi connectivity index (χ1v) is 17.9. The maximum atomic E-state index is 9.01. The van der Waals surface area contributed by atoms with Crippen LogP contribution in [0.2, 0.25) is 0 Å². The summed E-state index contributed by atoms with van der Waals surface area (Å²) in [5.74, 6) is 0. The van der Waals surface area contributed by atoms with Gasteiger partial charge >= 0.3 is 0 Å². The van der Waals surface area contributed by atoms with Gasteiger partial charge in [-0.2, -0.15) is 0 Å². The highest BCUT2D eigenvalue weighted by atomic mass is 16.6. The van der Waals surface area contributed by atoms with Crippen molar-refractivity contribution in [1.82, 2.24) is 0 Å². The molecule has 0 aromatic rings. The summed E-state index contributed by atoms with van der Waals surface area (Å²) in [5.41, 5.74) is 0. The lowest BCUT2D eigenvalue weighted by molar-refractivity contribution is -0.0996. The molecule has 0 radical (unpaired) electrons. The summed E-state index contributed by atoms with van der Waals surface area (Å²) >= 11 is 0. The van der Waals surface area contributed by atoms with E-state index in [2.05, 4.69) is 6.92 Å². The monoisotopic (exact) mass is 653 g/mol. The van der Waals surface area contributed by atoms with Gasteiger partial charge < -0.3 is 47.7 Å². The van der Waals surface area contributed by atoms with Crippen LogP contribution in [0.1, 0.15) is 106 Å². The van der Waals surface area contributed by atoms with E-state index in [1.807, 2.05) is 34.6 Å². The Morgan fingerprint density at radius 3 is 1.07 bits per heavy atom. The Bertz CT molecular complexity index is 571. The standard InChI is InChI=1S/C35H72O10/c1-7-8-9-10-11-12-13-14-15-16-17-37-18-19-38-20-21-39-22-23-40-24-25-41-32(3)27-43-34(5)29-45-35(6)30-44-33(4)28-42-31(2)26-36/h31-36H,7-30H2,1-6H3. The van der Waals surface area contributed by atoms with E-state index in [1.54, 1.807) is 0 Å². The predicted molar refractivity (Wildman–Crippen MR) is 179 cm³/mol. The molecule has 0 saturated heterocycles. The molecule has 0 saturated carbocycles. The van der Waals surface area contributed by atoms with Gasteiger partial charge in [-0.1, -0.05) is 64.7 Å². The third-order valence-electron chi connectivity index (χ3n) is 7.11. The fourth-order valence-electron chi connectivity index (χ4n) is 4.21. The third-order valence-corrected chi connectivity index (χ3v) is 7.11.